The van der Waals surface area contributed by atoms with Gasteiger partial charge in [-0.05, 0) is 6.42 Å². The average molecular weight is 140 g/mol. The van der Waals surface area contributed by atoms with Crippen LogP contribution in [0.4, 0.5) is 0 Å². The van der Waals surface area contributed by atoms with Crippen molar-refractivity contribution in [2.45, 2.75) is 12.5 Å². The van der Waals surface area contributed by atoms with Gasteiger partial charge in [-0.1, -0.05) is 0 Å². The minimum absolute atomic E-state index is 0. The quantitative estimate of drug-likeness (QED) is 0.298. The van der Waals surface area contributed by atoms with Gasteiger partial charge in [-0.2, -0.15) is 0 Å². The normalized spacial score (nSPS) is 27.4. The predicted molar refractivity (Wildman–Crippen MR) is 25.7 cm³/mol. The largest absolute Gasteiger partial charge is 1.00 e. The van der Waals surface area contributed by atoms with Crippen molar-refractivity contribution < 1.29 is 60.9 Å². The zero-order valence-corrected chi connectivity index (χ0v) is 8.35. The fourth-order valence-corrected chi connectivity index (χ4v) is 0.644. The summed E-state index contributed by atoms with van der Waals surface area (Å²) in [5.74, 6) is 0. The van der Waals surface area contributed by atoms with Crippen LogP contribution >= 0.6 is 0 Å². The molecule has 1 aliphatic heterocycles. The maximum Gasteiger partial charge on any atom is 1.00 e. The van der Waals surface area contributed by atoms with Crippen molar-refractivity contribution in [1.82, 2.24) is 0 Å². The van der Waals surface area contributed by atoms with Crippen LogP contribution in [0.3, 0.4) is 0 Å². The van der Waals surface area contributed by atoms with Crippen molar-refractivity contribution in [1.29, 1.82) is 0 Å². The molecule has 0 N–H and O–H groups in total. The van der Waals surface area contributed by atoms with Gasteiger partial charge in [0, 0.05) is 12.7 Å². The first-order valence-electron chi connectivity index (χ1n) is 2.42. The standard InChI is InChI=1S/C5H9O2.K/c1-6-5-2-3-7-4-5;/h5H,1-4H2;/q-1;+1. The van der Waals surface area contributed by atoms with E-state index in [0.29, 0.717) is 0 Å². The van der Waals surface area contributed by atoms with E-state index in [2.05, 4.69) is 7.11 Å². The van der Waals surface area contributed by atoms with E-state index in [-0.39, 0.29) is 57.5 Å². The molecule has 0 aromatic carbocycles. The van der Waals surface area contributed by atoms with Gasteiger partial charge in [0.15, 0.2) is 0 Å². The molecule has 3 heteroatoms. The average Bonchev–Trinajstić information content (AvgIpc) is 2.14. The van der Waals surface area contributed by atoms with Crippen molar-refractivity contribution in [3.05, 3.63) is 7.11 Å². The number of hydrogen-bond donors (Lipinski definition) is 0. The van der Waals surface area contributed by atoms with Crippen LogP contribution < -0.4 is 51.4 Å². The summed E-state index contributed by atoms with van der Waals surface area (Å²) in [5.41, 5.74) is 0. The van der Waals surface area contributed by atoms with Gasteiger partial charge in [0.2, 0.25) is 0 Å². The first-order valence-corrected chi connectivity index (χ1v) is 2.42. The van der Waals surface area contributed by atoms with E-state index in [1.165, 1.54) is 0 Å². The molecule has 8 heavy (non-hydrogen) atoms. The molecule has 0 aromatic heterocycles. The monoisotopic (exact) mass is 140 g/mol. The van der Waals surface area contributed by atoms with Crippen molar-refractivity contribution in [2.75, 3.05) is 13.2 Å². The van der Waals surface area contributed by atoms with Gasteiger partial charge in [0.05, 0.1) is 6.61 Å². The van der Waals surface area contributed by atoms with E-state index in [1.807, 2.05) is 0 Å². The summed E-state index contributed by atoms with van der Waals surface area (Å²) < 4.78 is 9.72. The molecule has 0 amide bonds. The molecule has 0 spiro atoms. The predicted octanol–water partition coefficient (Wildman–Crippen LogP) is -2.41. The van der Waals surface area contributed by atoms with Crippen LogP contribution in [-0.2, 0) is 9.47 Å². The first kappa shape index (κ1) is 9.56. The van der Waals surface area contributed by atoms with E-state index in [1.54, 1.807) is 0 Å². The Morgan fingerprint density at radius 2 is 2.38 bits per heavy atom. The minimum Gasteiger partial charge on any atom is -0.551 e. The van der Waals surface area contributed by atoms with Gasteiger partial charge in [0.1, 0.15) is 0 Å². The van der Waals surface area contributed by atoms with E-state index in [9.17, 15) is 0 Å². The molecule has 1 atom stereocenters. The van der Waals surface area contributed by atoms with Crippen molar-refractivity contribution in [3.63, 3.8) is 0 Å². The molecule has 1 saturated heterocycles. The second kappa shape index (κ2) is 5.35. The topological polar surface area (TPSA) is 18.5 Å². The zero-order chi connectivity index (χ0) is 5.11. The number of hydrogen-bond acceptors (Lipinski definition) is 2. The Morgan fingerprint density at radius 3 is 2.62 bits per heavy atom. The number of ether oxygens (including phenoxy) is 2. The maximum absolute atomic E-state index is 4.98. The van der Waals surface area contributed by atoms with Gasteiger partial charge in [-0.15, -0.1) is 0 Å². The summed E-state index contributed by atoms with van der Waals surface area (Å²) >= 11 is 0. The molecule has 2 nitrogen and oxygen atoms in total. The number of rotatable bonds is 1. The van der Waals surface area contributed by atoms with Gasteiger partial charge < -0.3 is 9.47 Å². The molecule has 0 aliphatic carbocycles. The molecule has 0 radical (unpaired) electrons. The summed E-state index contributed by atoms with van der Waals surface area (Å²) in [5, 5.41) is 0. The molecule has 1 aliphatic rings. The van der Waals surface area contributed by atoms with E-state index < -0.39 is 0 Å². The Balaban J connectivity index is 0.000000490. The third-order valence-corrected chi connectivity index (χ3v) is 1.12. The Kier molecular flexibility index (Phi) is 6.39. The summed E-state index contributed by atoms with van der Waals surface area (Å²) in [6, 6.07) is 0. The molecule has 0 saturated carbocycles. The zero-order valence-electron chi connectivity index (χ0n) is 5.22. The van der Waals surface area contributed by atoms with Crippen LogP contribution in [-0.4, -0.2) is 19.3 Å². The molecule has 0 bridgehead atoms. The van der Waals surface area contributed by atoms with Crippen molar-refractivity contribution in [3.8, 4) is 0 Å². The summed E-state index contributed by atoms with van der Waals surface area (Å²) in [7, 11) is 3.29. The molecule has 1 unspecified atom stereocenters. The SMILES string of the molecule is [CH2-]OC1CCOC1.[K+]. The summed E-state index contributed by atoms with van der Waals surface area (Å²) in [4.78, 5) is 0. The maximum atomic E-state index is 4.98. The molecule has 1 rings (SSSR count). The van der Waals surface area contributed by atoms with Crippen LogP contribution in [0.25, 0.3) is 0 Å². The molecule has 1 fully saturated rings. The third kappa shape index (κ3) is 2.91. The van der Waals surface area contributed by atoms with Crippen LogP contribution in [0, 0.1) is 7.11 Å². The molecule has 0 aromatic rings. The second-order valence-electron chi connectivity index (χ2n) is 1.65. The van der Waals surface area contributed by atoms with Crippen LogP contribution in [0.2, 0.25) is 0 Å². The minimum atomic E-state index is 0. The van der Waals surface area contributed by atoms with Crippen LogP contribution in [0.15, 0.2) is 0 Å². The van der Waals surface area contributed by atoms with Crippen molar-refractivity contribution >= 4 is 0 Å². The molecule has 1 heterocycles. The fraction of sp³-hybridized carbons (Fsp3) is 0.800. The fourth-order valence-electron chi connectivity index (χ4n) is 0.644. The Morgan fingerprint density at radius 1 is 1.62 bits per heavy atom. The van der Waals surface area contributed by atoms with Gasteiger partial charge in [0.25, 0.3) is 0 Å². The third-order valence-electron chi connectivity index (χ3n) is 1.12. The van der Waals surface area contributed by atoms with E-state index in [4.69, 9.17) is 9.47 Å². The second-order valence-corrected chi connectivity index (χ2v) is 1.65. The summed E-state index contributed by atoms with van der Waals surface area (Å²) in [6.07, 6.45) is 1.27. The smallest absolute Gasteiger partial charge is 0.551 e. The Bertz CT molecular complexity index is 52.4. The molecular weight excluding hydrogens is 131 g/mol. The van der Waals surface area contributed by atoms with Gasteiger partial charge in [-0.25, -0.2) is 7.11 Å². The van der Waals surface area contributed by atoms with Gasteiger partial charge >= 0.3 is 51.4 Å². The van der Waals surface area contributed by atoms with Crippen LogP contribution in [0.5, 0.6) is 0 Å². The molecular formula is C5H9KO2. The van der Waals surface area contributed by atoms with E-state index >= 15 is 0 Å². The summed E-state index contributed by atoms with van der Waals surface area (Å²) in [6.45, 7) is 1.56. The van der Waals surface area contributed by atoms with Crippen LogP contribution in [0.1, 0.15) is 6.42 Å². The molecule has 42 valence electrons. The van der Waals surface area contributed by atoms with Gasteiger partial charge in [-0.3, -0.25) is 0 Å². The van der Waals surface area contributed by atoms with E-state index in [0.717, 1.165) is 19.6 Å². The first-order chi connectivity index (χ1) is 3.43. The Labute approximate surface area is 92.3 Å². The van der Waals surface area contributed by atoms with Crippen molar-refractivity contribution in [2.24, 2.45) is 0 Å². The Hall–Kier alpha value is 1.56.